The van der Waals surface area contributed by atoms with Crippen molar-refractivity contribution < 1.29 is 4.39 Å². The molecule has 1 heterocycles. The van der Waals surface area contributed by atoms with Gasteiger partial charge < -0.3 is 0 Å². The Kier molecular flexibility index (Phi) is 3.90. The Morgan fingerprint density at radius 3 is 2.48 bits per heavy atom. The highest BCUT2D eigenvalue weighted by Crippen LogP contribution is 2.26. The van der Waals surface area contributed by atoms with E-state index in [1.54, 1.807) is 10.6 Å². The van der Waals surface area contributed by atoms with Crippen molar-refractivity contribution >= 4 is 23.2 Å². The molecular weight excluding hydrogens is 312 g/mol. The van der Waals surface area contributed by atoms with Gasteiger partial charge in [0.05, 0.1) is 10.9 Å². The molecule has 0 radical (unpaired) electrons. The molecule has 0 aliphatic carbocycles. The van der Waals surface area contributed by atoms with E-state index >= 15 is 0 Å². The zero-order valence-corrected chi connectivity index (χ0v) is 12.3. The lowest BCUT2D eigenvalue weighted by atomic mass is 10.2. The summed E-state index contributed by atoms with van der Waals surface area (Å²) in [5.74, 6) is 0.822. The first kappa shape index (κ1) is 14.0. The Labute approximate surface area is 131 Å². The molecule has 0 aliphatic heterocycles. The topological polar surface area (TPSA) is 30.7 Å². The van der Waals surface area contributed by atoms with Crippen LogP contribution in [0.5, 0.6) is 0 Å². The number of aromatic nitrogens is 3. The molecule has 0 unspecified atom stereocenters. The van der Waals surface area contributed by atoms with E-state index in [0.717, 1.165) is 5.69 Å². The first-order valence-corrected chi connectivity index (χ1v) is 7.13. The molecule has 0 aliphatic rings. The number of nitrogens with zero attached hydrogens (tertiary/aromatic N) is 3. The van der Waals surface area contributed by atoms with E-state index in [0.29, 0.717) is 17.2 Å². The van der Waals surface area contributed by atoms with Crippen molar-refractivity contribution in [3.63, 3.8) is 0 Å². The van der Waals surface area contributed by atoms with Crippen LogP contribution >= 0.6 is 23.2 Å². The van der Waals surface area contributed by atoms with Crippen molar-refractivity contribution in [3.8, 4) is 17.1 Å². The van der Waals surface area contributed by atoms with Crippen LogP contribution in [0.1, 0.15) is 5.82 Å². The van der Waals surface area contributed by atoms with Gasteiger partial charge in [-0.15, -0.1) is 21.8 Å². The highest BCUT2D eigenvalue weighted by atomic mass is 35.5. The smallest absolute Gasteiger partial charge is 0.168 e. The summed E-state index contributed by atoms with van der Waals surface area (Å²) in [5.41, 5.74) is 1.45. The third-order valence-electron chi connectivity index (χ3n) is 3.04. The summed E-state index contributed by atoms with van der Waals surface area (Å²) >= 11 is 11.6. The molecule has 3 nitrogen and oxygen atoms in total. The van der Waals surface area contributed by atoms with E-state index in [1.165, 1.54) is 12.1 Å². The summed E-state index contributed by atoms with van der Waals surface area (Å²) in [4.78, 5) is 0. The van der Waals surface area contributed by atoms with Gasteiger partial charge >= 0.3 is 0 Å². The van der Waals surface area contributed by atoms with Crippen LogP contribution in [-0.4, -0.2) is 14.8 Å². The summed E-state index contributed by atoms with van der Waals surface area (Å²) in [6.45, 7) is 0. The summed E-state index contributed by atoms with van der Waals surface area (Å²) in [6, 6.07) is 14.1. The minimum Gasteiger partial charge on any atom is -0.278 e. The van der Waals surface area contributed by atoms with E-state index in [-0.39, 0.29) is 10.9 Å². The van der Waals surface area contributed by atoms with Gasteiger partial charge in [-0.05, 0) is 30.3 Å². The van der Waals surface area contributed by atoms with Crippen molar-refractivity contribution in [3.05, 3.63) is 65.2 Å². The highest BCUT2D eigenvalue weighted by molar-refractivity contribution is 6.30. The van der Waals surface area contributed by atoms with E-state index < -0.39 is 5.82 Å². The van der Waals surface area contributed by atoms with Crippen molar-refractivity contribution in [2.45, 2.75) is 5.88 Å². The first-order valence-electron chi connectivity index (χ1n) is 6.22. The summed E-state index contributed by atoms with van der Waals surface area (Å²) in [7, 11) is 0. The van der Waals surface area contributed by atoms with Crippen LogP contribution in [0.3, 0.4) is 0 Å². The Morgan fingerprint density at radius 2 is 1.81 bits per heavy atom. The SMILES string of the molecule is Fc1cc(-c2nnc(CCl)n2-c2ccccc2)ccc1Cl. The molecular formula is C15H10Cl2FN3. The van der Waals surface area contributed by atoms with Crippen molar-refractivity contribution in [1.82, 2.24) is 14.8 Å². The van der Waals surface area contributed by atoms with E-state index in [2.05, 4.69) is 10.2 Å². The molecule has 0 amide bonds. The van der Waals surface area contributed by atoms with Crippen LogP contribution in [0.2, 0.25) is 5.02 Å². The molecule has 0 N–H and O–H groups in total. The predicted molar refractivity (Wildman–Crippen MR) is 81.3 cm³/mol. The summed E-state index contributed by atoms with van der Waals surface area (Å²) in [5, 5.41) is 8.26. The van der Waals surface area contributed by atoms with Gasteiger partial charge in [0, 0.05) is 11.3 Å². The molecule has 0 bridgehead atoms. The van der Waals surface area contributed by atoms with Gasteiger partial charge in [0.1, 0.15) is 5.82 Å². The maximum atomic E-state index is 13.7. The molecule has 106 valence electrons. The summed E-state index contributed by atoms with van der Waals surface area (Å²) in [6.07, 6.45) is 0. The number of hydrogen-bond donors (Lipinski definition) is 0. The molecule has 2 aromatic carbocycles. The van der Waals surface area contributed by atoms with E-state index in [9.17, 15) is 4.39 Å². The number of rotatable bonds is 3. The Hall–Kier alpha value is -1.91. The standard InChI is InChI=1S/C15H10Cl2FN3/c16-9-14-19-20-15(10-6-7-12(17)13(18)8-10)21(14)11-4-2-1-3-5-11/h1-8H,9H2. The van der Waals surface area contributed by atoms with Crippen LogP contribution in [0.25, 0.3) is 17.1 Å². The zero-order valence-electron chi connectivity index (χ0n) is 10.8. The van der Waals surface area contributed by atoms with Gasteiger partial charge in [0.2, 0.25) is 0 Å². The summed E-state index contributed by atoms with van der Waals surface area (Å²) < 4.78 is 15.5. The van der Waals surface area contributed by atoms with E-state index in [1.807, 2.05) is 30.3 Å². The van der Waals surface area contributed by atoms with Gasteiger partial charge in [-0.1, -0.05) is 29.8 Å². The largest absolute Gasteiger partial charge is 0.278 e. The lowest BCUT2D eigenvalue weighted by Crippen LogP contribution is -2.01. The lowest BCUT2D eigenvalue weighted by molar-refractivity contribution is 0.628. The molecule has 1 aromatic heterocycles. The van der Waals surface area contributed by atoms with Crippen LogP contribution in [0.4, 0.5) is 4.39 Å². The van der Waals surface area contributed by atoms with Gasteiger partial charge in [-0.2, -0.15) is 0 Å². The minimum absolute atomic E-state index is 0.0714. The van der Waals surface area contributed by atoms with Gasteiger partial charge in [-0.3, -0.25) is 4.57 Å². The molecule has 0 saturated carbocycles. The maximum Gasteiger partial charge on any atom is 0.168 e. The molecule has 3 rings (SSSR count). The predicted octanol–water partition coefficient (Wildman–Crippen LogP) is 4.47. The van der Waals surface area contributed by atoms with Gasteiger partial charge in [0.15, 0.2) is 11.6 Å². The second-order valence-electron chi connectivity index (χ2n) is 4.37. The third-order valence-corrected chi connectivity index (χ3v) is 3.59. The number of para-hydroxylation sites is 1. The number of halogens is 3. The molecule has 3 aromatic rings. The van der Waals surface area contributed by atoms with Gasteiger partial charge in [-0.25, -0.2) is 4.39 Å². The van der Waals surface area contributed by atoms with Crippen LogP contribution in [0, 0.1) is 5.82 Å². The van der Waals surface area contributed by atoms with Crippen molar-refractivity contribution in [1.29, 1.82) is 0 Å². The average molecular weight is 322 g/mol. The Morgan fingerprint density at radius 1 is 1.05 bits per heavy atom. The van der Waals surface area contributed by atoms with Crippen molar-refractivity contribution in [2.24, 2.45) is 0 Å². The number of hydrogen-bond acceptors (Lipinski definition) is 2. The fourth-order valence-electron chi connectivity index (χ4n) is 2.07. The molecule has 0 fully saturated rings. The minimum atomic E-state index is -0.496. The molecule has 0 saturated heterocycles. The highest BCUT2D eigenvalue weighted by Gasteiger charge is 2.15. The first-order chi connectivity index (χ1) is 10.2. The van der Waals surface area contributed by atoms with Crippen LogP contribution < -0.4 is 0 Å². The Balaban J connectivity index is 2.20. The fraction of sp³-hybridized carbons (Fsp3) is 0.0667. The average Bonchev–Trinajstić information content (AvgIpc) is 2.95. The third kappa shape index (κ3) is 2.64. The number of alkyl halides is 1. The quantitative estimate of drug-likeness (QED) is 0.666. The van der Waals surface area contributed by atoms with Gasteiger partial charge in [0.25, 0.3) is 0 Å². The monoisotopic (exact) mass is 321 g/mol. The number of benzene rings is 2. The second-order valence-corrected chi connectivity index (χ2v) is 5.05. The molecule has 0 atom stereocenters. The maximum absolute atomic E-state index is 13.7. The molecule has 0 spiro atoms. The van der Waals surface area contributed by atoms with Crippen LogP contribution in [0.15, 0.2) is 48.5 Å². The lowest BCUT2D eigenvalue weighted by Gasteiger charge is -2.09. The molecule has 21 heavy (non-hydrogen) atoms. The Bertz CT molecular complexity index is 772. The zero-order chi connectivity index (χ0) is 14.8. The normalized spacial score (nSPS) is 10.8. The fourth-order valence-corrected chi connectivity index (χ4v) is 2.36. The molecule has 6 heteroatoms. The van der Waals surface area contributed by atoms with Crippen LogP contribution in [-0.2, 0) is 5.88 Å². The van der Waals surface area contributed by atoms with Crippen molar-refractivity contribution in [2.75, 3.05) is 0 Å². The second kappa shape index (κ2) is 5.84. The van der Waals surface area contributed by atoms with E-state index in [4.69, 9.17) is 23.2 Å².